The first-order chi connectivity index (χ1) is 8.93. The quantitative estimate of drug-likeness (QED) is 0.853. The summed E-state index contributed by atoms with van der Waals surface area (Å²) in [4.78, 5) is 15.1. The van der Waals surface area contributed by atoms with Crippen molar-refractivity contribution in [3.8, 4) is 11.1 Å². The highest BCUT2D eigenvalue weighted by molar-refractivity contribution is 9.10. The molecule has 0 aliphatic rings. The van der Waals surface area contributed by atoms with Gasteiger partial charge in [-0.1, -0.05) is 6.07 Å². The first-order valence-corrected chi connectivity index (χ1v) is 6.05. The van der Waals surface area contributed by atoms with E-state index in [1.807, 2.05) is 0 Å². The summed E-state index contributed by atoms with van der Waals surface area (Å²) in [7, 11) is 0. The van der Waals surface area contributed by atoms with Crippen molar-refractivity contribution in [2.24, 2.45) is 0 Å². The summed E-state index contributed by atoms with van der Waals surface area (Å²) in [6, 6.07) is 4.00. The van der Waals surface area contributed by atoms with E-state index in [-0.39, 0.29) is 26.9 Å². The molecule has 0 aliphatic carbocycles. The lowest BCUT2D eigenvalue weighted by Crippen LogP contribution is -2.05. The van der Waals surface area contributed by atoms with E-state index in [1.54, 1.807) is 0 Å². The largest absolute Gasteiger partial charge is 0.478 e. The van der Waals surface area contributed by atoms with Gasteiger partial charge in [-0.3, -0.25) is 4.98 Å². The van der Waals surface area contributed by atoms with Gasteiger partial charge in [-0.2, -0.15) is 0 Å². The van der Waals surface area contributed by atoms with Crippen LogP contribution in [0, 0.1) is 18.6 Å². The number of carbonyl (C=O) groups is 1. The molecule has 1 heterocycles. The predicted molar refractivity (Wildman–Crippen MR) is 69.0 cm³/mol. The molecule has 6 heteroatoms. The van der Waals surface area contributed by atoms with Crippen molar-refractivity contribution in [2.45, 2.75) is 6.92 Å². The first kappa shape index (κ1) is 13.6. The predicted octanol–water partition coefficient (Wildman–Crippen LogP) is 3.80. The van der Waals surface area contributed by atoms with Gasteiger partial charge in [0.15, 0.2) is 11.6 Å². The zero-order valence-corrected chi connectivity index (χ0v) is 11.3. The van der Waals surface area contributed by atoms with Crippen LogP contribution in [0.1, 0.15) is 16.1 Å². The maximum Gasteiger partial charge on any atom is 0.338 e. The Morgan fingerprint density at radius 1 is 1.21 bits per heavy atom. The molecule has 19 heavy (non-hydrogen) atoms. The maximum atomic E-state index is 13.9. The van der Waals surface area contributed by atoms with Gasteiger partial charge in [-0.15, -0.1) is 0 Å². The molecular weight excluding hydrogens is 320 g/mol. The Morgan fingerprint density at radius 2 is 1.89 bits per heavy atom. The number of carboxylic acids is 1. The van der Waals surface area contributed by atoms with Crippen LogP contribution in [0.3, 0.4) is 0 Å². The molecular formula is C13H8BrF2NO2. The number of hydrogen-bond acceptors (Lipinski definition) is 2. The minimum Gasteiger partial charge on any atom is -0.478 e. The molecule has 0 radical (unpaired) electrons. The van der Waals surface area contributed by atoms with Crippen molar-refractivity contribution >= 4 is 21.9 Å². The van der Waals surface area contributed by atoms with Crippen LogP contribution in [0.15, 0.2) is 28.9 Å². The lowest BCUT2D eigenvalue weighted by atomic mass is 9.99. The van der Waals surface area contributed by atoms with E-state index in [4.69, 9.17) is 5.11 Å². The number of rotatable bonds is 2. The van der Waals surface area contributed by atoms with Crippen LogP contribution in [-0.4, -0.2) is 16.1 Å². The minimum atomic E-state index is -1.23. The maximum absolute atomic E-state index is 13.9. The fourth-order valence-electron chi connectivity index (χ4n) is 1.79. The van der Waals surface area contributed by atoms with Crippen molar-refractivity contribution in [3.05, 3.63) is 51.8 Å². The molecule has 1 aromatic heterocycles. The fraction of sp³-hybridized carbons (Fsp3) is 0.0769. The average molecular weight is 328 g/mol. The Hall–Kier alpha value is -1.82. The van der Waals surface area contributed by atoms with Crippen LogP contribution in [0.2, 0.25) is 0 Å². The normalized spacial score (nSPS) is 10.5. The summed E-state index contributed by atoms with van der Waals surface area (Å²) in [6.07, 6.45) is 1.36. The second-order valence-corrected chi connectivity index (χ2v) is 4.70. The van der Waals surface area contributed by atoms with Gasteiger partial charge >= 0.3 is 5.97 Å². The van der Waals surface area contributed by atoms with Crippen LogP contribution < -0.4 is 0 Å². The number of pyridine rings is 1. The van der Waals surface area contributed by atoms with Gasteiger partial charge in [0.05, 0.1) is 15.7 Å². The van der Waals surface area contributed by atoms with E-state index in [1.165, 1.54) is 31.3 Å². The summed E-state index contributed by atoms with van der Waals surface area (Å²) in [5, 5.41) is 9.16. The van der Waals surface area contributed by atoms with Crippen LogP contribution in [0.25, 0.3) is 11.1 Å². The SMILES string of the molecule is Cc1nccc(-c2ccc(Br)c(F)c2F)c1C(=O)O. The number of carboxylic acid groups (broad SMARTS) is 1. The van der Waals surface area contributed by atoms with Gasteiger partial charge in [-0.25, -0.2) is 13.6 Å². The van der Waals surface area contributed by atoms with Crippen LogP contribution in [0.5, 0.6) is 0 Å². The first-order valence-electron chi connectivity index (χ1n) is 5.26. The number of nitrogens with zero attached hydrogens (tertiary/aromatic N) is 1. The second-order valence-electron chi connectivity index (χ2n) is 3.85. The Morgan fingerprint density at radius 3 is 2.53 bits per heavy atom. The summed E-state index contributed by atoms with van der Waals surface area (Å²) in [6.45, 7) is 1.50. The van der Waals surface area contributed by atoms with E-state index in [9.17, 15) is 13.6 Å². The molecule has 0 spiro atoms. The van der Waals surface area contributed by atoms with Gasteiger partial charge in [0, 0.05) is 17.3 Å². The lowest BCUT2D eigenvalue weighted by Gasteiger charge is -2.10. The molecule has 2 aromatic rings. The third-order valence-corrected chi connectivity index (χ3v) is 3.29. The number of aromatic nitrogens is 1. The highest BCUT2D eigenvalue weighted by Gasteiger charge is 2.20. The Bertz CT molecular complexity index is 674. The smallest absolute Gasteiger partial charge is 0.338 e. The minimum absolute atomic E-state index is 0.0172. The molecule has 3 nitrogen and oxygen atoms in total. The monoisotopic (exact) mass is 327 g/mol. The number of aromatic carboxylic acids is 1. The molecule has 0 saturated heterocycles. The van der Waals surface area contributed by atoms with E-state index in [2.05, 4.69) is 20.9 Å². The topological polar surface area (TPSA) is 50.2 Å². The van der Waals surface area contributed by atoms with E-state index < -0.39 is 17.6 Å². The Labute approximate surface area is 116 Å². The molecule has 0 saturated carbocycles. The molecule has 0 fully saturated rings. The second kappa shape index (κ2) is 5.05. The fourth-order valence-corrected chi connectivity index (χ4v) is 2.10. The van der Waals surface area contributed by atoms with E-state index in [0.717, 1.165) is 0 Å². The Kier molecular flexibility index (Phi) is 3.61. The Balaban J connectivity index is 2.77. The van der Waals surface area contributed by atoms with Crippen molar-refractivity contribution in [2.75, 3.05) is 0 Å². The molecule has 2 rings (SSSR count). The number of hydrogen-bond donors (Lipinski definition) is 1. The summed E-state index contributed by atoms with van der Waals surface area (Å²) < 4.78 is 27.4. The van der Waals surface area contributed by atoms with Crippen molar-refractivity contribution in [1.82, 2.24) is 4.98 Å². The van der Waals surface area contributed by atoms with Gasteiger partial charge in [0.1, 0.15) is 0 Å². The van der Waals surface area contributed by atoms with Gasteiger partial charge in [0.25, 0.3) is 0 Å². The average Bonchev–Trinajstić information content (AvgIpc) is 2.35. The summed E-state index contributed by atoms with van der Waals surface area (Å²) >= 11 is 2.87. The third kappa shape index (κ3) is 2.35. The zero-order valence-electron chi connectivity index (χ0n) is 9.75. The molecule has 0 bridgehead atoms. The zero-order chi connectivity index (χ0) is 14.2. The third-order valence-electron chi connectivity index (χ3n) is 2.68. The molecule has 0 unspecified atom stereocenters. The summed E-state index contributed by atoms with van der Waals surface area (Å²) in [5.74, 6) is -3.38. The number of benzene rings is 1. The molecule has 1 aromatic carbocycles. The standard InChI is InChI=1S/C13H8BrF2NO2/c1-6-10(13(18)19)7(4-5-17-6)8-2-3-9(14)12(16)11(8)15/h2-5H,1H3,(H,18,19). The molecule has 0 atom stereocenters. The summed E-state index contributed by atoms with van der Waals surface area (Å²) in [5.41, 5.74) is 0.100. The van der Waals surface area contributed by atoms with E-state index >= 15 is 0 Å². The molecule has 1 N–H and O–H groups in total. The van der Waals surface area contributed by atoms with Crippen molar-refractivity contribution in [1.29, 1.82) is 0 Å². The van der Waals surface area contributed by atoms with Gasteiger partial charge in [0.2, 0.25) is 0 Å². The highest BCUT2D eigenvalue weighted by atomic mass is 79.9. The number of halogens is 3. The number of aryl methyl sites for hydroxylation is 1. The molecule has 0 aliphatic heterocycles. The van der Waals surface area contributed by atoms with Gasteiger partial charge < -0.3 is 5.11 Å². The molecule has 98 valence electrons. The van der Waals surface area contributed by atoms with Crippen LogP contribution in [-0.2, 0) is 0 Å². The van der Waals surface area contributed by atoms with E-state index in [0.29, 0.717) is 0 Å². The van der Waals surface area contributed by atoms with Crippen LogP contribution >= 0.6 is 15.9 Å². The molecule has 0 amide bonds. The van der Waals surface area contributed by atoms with Crippen molar-refractivity contribution in [3.63, 3.8) is 0 Å². The van der Waals surface area contributed by atoms with Crippen molar-refractivity contribution < 1.29 is 18.7 Å². The van der Waals surface area contributed by atoms with Gasteiger partial charge in [-0.05, 0) is 35.0 Å². The highest BCUT2D eigenvalue weighted by Crippen LogP contribution is 2.31. The lowest BCUT2D eigenvalue weighted by molar-refractivity contribution is 0.0696. The van der Waals surface area contributed by atoms with Crippen LogP contribution in [0.4, 0.5) is 8.78 Å².